The van der Waals surface area contributed by atoms with Crippen molar-refractivity contribution >= 4 is 29.9 Å². The van der Waals surface area contributed by atoms with Gasteiger partial charge in [-0.15, -0.1) is 34.2 Å². The zero-order valence-electron chi connectivity index (χ0n) is 20.1. The number of hydrogen-bond acceptors (Lipinski definition) is 4. The van der Waals surface area contributed by atoms with Crippen LogP contribution in [0.2, 0.25) is 0 Å². The van der Waals surface area contributed by atoms with Crippen LogP contribution in [0.15, 0.2) is 23.2 Å². The van der Waals surface area contributed by atoms with Crippen LogP contribution in [-0.2, 0) is 20.1 Å². The highest BCUT2D eigenvalue weighted by molar-refractivity contribution is 14.0. The standard InChI is InChI=1S/C24H38N6O.HI/c1-17(2)12-13-31-22-14-18(3)10-11-20(22)15-25-24(27-21-8-6-7-9-21)26-16-23-29-28-19(4)30(23)5;/h10-11,14,17,21H,6-9,12-13,15-16H2,1-5H3,(H2,25,26,27);1H. The quantitative estimate of drug-likeness (QED) is 0.268. The number of hydrogen-bond donors (Lipinski definition) is 2. The highest BCUT2D eigenvalue weighted by atomic mass is 127. The number of aliphatic imine (C=N–C) groups is 1. The van der Waals surface area contributed by atoms with Crippen molar-refractivity contribution in [2.75, 3.05) is 6.61 Å². The van der Waals surface area contributed by atoms with Gasteiger partial charge >= 0.3 is 0 Å². The number of benzene rings is 1. The van der Waals surface area contributed by atoms with Crippen LogP contribution in [-0.4, -0.2) is 33.4 Å². The molecule has 1 aliphatic rings. The Morgan fingerprint density at radius 2 is 1.97 bits per heavy atom. The van der Waals surface area contributed by atoms with Gasteiger partial charge in [0, 0.05) is 18.7 Å². The second-order valence-corrected chi connectivity index (χ2v) is 9.01. The lowest BCUT2D eigenvalue weighted by Gasteiger charge is -2.18. The Labute approximate surface area is 209 Å². The van der Waals surface area contributed by atoms with Crippen LogP contribution in [0.1, 0.15) is 68.7 Å². The lowest BCUT2D eigenvalue weighted by atomic mass is 10.1. The fourth-order valence-corrected chi connectivity index (χ4v) is 3.68. The lowest BCUT2D eigenvalue weighted by molar-refractivity contribution is 0.287. The van der Waals surface area contributed by atoms with E-state index in [0.717, 1.165) is 41.9 Å². The van der Waals surface area contributed by atoms with Crippen LogP contribution in [0.3, 0.4) is 0 Å². The summed E-state index contributed by atoms with van der Waals surface area (Å²) in [4.78, 5) is 4.90. The van der Waals surface area contributed by atoms with Gasteiger partial charge in [-0.3, -0.25) is 0 Å². The van der Waals surface area contributed by atoms with E-state index in [1.54, 1.807) is 0 Å². The number of rotatable bonds is 9. The van der Waals surface area contributed by atoms with Gasteiger partial charge in [0.15, 0.2) is 11.8 Å². The summed E-state index contributed by atoms with van der Waals surface area (Å²) in [5, 5.41) is 15.5. The molecule has 1 fully saturated rings. The van der Waals surface area contributed by atoms with E-state index in [9.17, 15) is 0 Å². The summed E-state index contributed by atoms with van der Waals surface area (Å²) in [7, 11) is 1.99. The smallest absolute Gasteiger partial charge is 0.192 e. The van der Waals surface area contributed by atoms with Crippen molar-refractivity contribution in [1.29, 1.82) is 0 Å². The fraction of sp³-hybridized carbons (Fsp3) is 0.625. The minimum Gasteiger partial charge on any atom is -0.493 e. The monoisotopic (exact) mass is 554 g/mol. The van der Waals surface area contributed by atoms with Crippen LogP contribution in [0.25, 0.3) is 0 Å². The fourth-order valence-electron chi connectivity index (χ4n) is 3.68. The number of aryl methyl sites for hydroxylation is 2. The third-order valence-corrected chi connectivity index (χ3v) is 5.88. The van der Waals surface area contributed by atoms with E-state index in [4.69, 9.17) is 9.73 Å². The molecule has 8 heteroatoms. The second kappa shape index (κ2) is 13.0. The Hall–Kier alpha value is -1.84. The largest absolute Gasteiger partial charge is 0.493 e. The van der Waals surface area contributed by atoms with Crippen molar-refractivity contribution in [2.45, 2.75) is 78.9 Å². The van der Waals surface area contributed by atoms with Gasteiger partial charge < -0.3 is 19.9 Å². The predicted molar refractivity (Wildman–Crippen MR) is 141 cm³/mol. The van der Waals surface area contributed by atoms with E-state index in [1.165, 1.54) is 31.2 Å². The maximum Gasteiger partial charge on any atom is 0.192 e. The van der Waals surface area contributed by atoms with Gasteiger partial charge in [0.05, 0.1) is 19.7 Å². The second-order valence-electron chi connectivity index (χ2n) is 9.01. The average Bonchev–Trinajstić information content (AvgIpc) is 3.35. The first kappa shape index (κ1) is 26.4. The third-order valence-electron chi connectivity index (χ3n) is 5.88. The van der Waals surface area contributed by atoms with Crippen LogP contribution in [0.4, 0.5) is 0 Å². The molecule has 0 spiro atoms. The Kier molecular flexibility index (Phi) is 10.7. The molecule has 1 aliphatic carbocycles. The average molecular weight is 555 g/mol. The Balaban J connectivity index is 0.00000363. The van der Waals surface area contributed by atoms with Crippen LogP contribution >= 0.6 is 24.0 Å². The van der Waals surface area contributed by atoms with Gasteiger partial charge in [-0.1, -0.05) is 38.8 Å². The van der Waals surface area contributed by atoms with Crippen LogP contribution < -0.4 is 15.4 Å². The summed E-state index contributed by atoms with van der Waals surface area (Å²) in [5.41, 5.74) is 2.31. The molecule has 1 aromatic carbocycles. The number of nitrogens with zero attached hydrogens (tertiary/aromatic N) is 4. The molecule has 0 aliphatic heterocycles. The maximum absolute atomic E-state index is 6.11. The molecule has 0 saturated heterocycles. The van der Waals surface area contributed by atoms with Gasteiger partial charge in [0.1, 0.15) is 11.6 Å². The van der Waals surface area contributed by atoms with Crippen LogP contribution in [0.5, 0.6) is 5.75 Å². The molecule has 0 unspecified atom stereocenters. The van der Waals surface area contributed by atoms with E-state index in [1.807, 2.05) is 18.5 Å². The summed E-state index contributed by atoms with van der Waals surface area (Å²) in [6.45, 7) is 10.4. The molecule has 1 aromatic heterocycles. The zero-order chi connectivity index (χ0) is 22.2. The summed E-state index contributed by atoms with van der Waals surface area (Å²) in [5.74, 6) is 4.19. The molecular weight excluding hydrogens is 515 g/mol. The Morgan fingerprint density at radius 1 is 1.22 bits per heavy atom. The maximum atomic E-state index is 6.11. The molecule has 178 valence electrons. The molecule has 1 heterocycles. The van der Waals surface area contributed by atoms with Crippen LogP contribution in [0, 0.1) is 19.8 Å². The van der Waals surface area contributed by atoms with Crippen molar-refractivity contribution in [1.82, 2.24) is 25.4 Å². The number of halogens is 1. The first-order valence-corrected chi connectivity index (χ1v) is 11.5. The minimum atomic E-state index is 0. The minimum absolute atomic E-state index is 0. The van der Waals surface area contributed by atoms with Gasteiger partial charge in [-0.25, -0.2) is 4.99 Å². The van der Waals surface area contributed by atoms with Crippen molar-refractivity contribution < 1.29 is 4.74 Å². The van der Waals surface area contributed by atoms with E-state index >= 15 is 0 Å². The molecule has 0 radical (unpaired) electrons. The number of guanidine groups is 1. The van der Waals surface area contributed by atoms with E-state index in [-0.39, 0.29) is 24.0 Å². The Bertz CT molecular complexity index is 873. The molecule has 2 aromatic rings. The first-order valence-electron chi connectivity index (χ1n) is 11.5. The Morgan fingerprint density at radius 3 is 2.62 bits per heavy atom. The van der Waals surface area contributed by atoms with Crippen molar-refractivity contribution in [3.05, 3.63) is 41.0 Å². The number of aromatic nitrogens is 3. The molecule has 0 amide bonds. The van der Waals surface area contributed by atoms with Gasteiger partial charge in [0.2, 0.25) is 0 Å². The number of ether oxygens (including phenoxy) is 1. The van der Waals surface area contributed by atoms with Crippen molar-refractivity contribution in [3.8, 4) is 5.75 Å². The molecular formula is C24H39IN6O. The highest BCUT2D eigenvalue weighted by Crippen LogP contribution is 2.22. The van der Waals surface area contributed by atoms with Gasteiger partial charge in [-0.2, -0.15) is 0 Å². The van der Waals surface area contributed by atoms with E-state index < -0.39 is 0 Å². The first-order chi connectivity index (χ1) is 14.9. The topological polar surface area (TPSA) is 76.4 Å². The molecule has 3 rings (SSSR count). The summed E-state index contributed by atoms with van der Waals surface area (Å²) >= 11 is 0. The summed E-state index contributed by atoms with van der Waals surface area (Å²) in [6.07, 6.45) is 5.98. The zero-order valence-corrected chi connectivity index (χ0v) is 22.5. The van der Waals surface area contributed by atoms with Gasteiger partial charge in [-0.05, 0) is 50.7 Å². The normalized spacial score (nSPS) is 14.5. The van der Waals surface area contributed by atoms with E-state index in [0.29, 0.717) is 25.0 Å². The van der Waals surface area contributed by atoms with Crippen molar-refractivity contribution in [3.63, 3.8) is 0 Å². The molecule has 7 nitrogen and oxygen atoms in total. The SMILES string of the molecule is Cc1ccc(CN=C(NCc2nnc(C)n2C)NC2CCCC2)c(OCCC(C)C)c1.I. The molecule has 1 saturated carbocycles. The van der Waals surface area contributed by atoms with Crippen molar-refractivity contribution in [2.24, 2.45) is 18.0 Å². The van der Waals surface area contributed by atoms with E-state index in [2.05, 4.69) is 59.8 Å². The molecule has 2 N–H and O–H groups in total. The molecule has 0 bridgehead atoms. The molecule has 32 heavy (non-hydrogen) atoms. The summed E-state index contributed by atoms with van der Waals surface area (Å²) < 4.78 is 8.11. The third kappa shape index (κ3) is 7.94. The lowest BCUT2D eigenvalue weighted by Crippen LogP contribution is -2.42. The number of nitrogens with one attached hydrogen (secondary N) is 2. The predicted octanol–water partition coefficient (Wildman–Crippen LogP) is 4.65. The molecule has 0 atom stereocenters. The highest BCUT2D eigenvalue weighted by Gasteiger charge is 2.17. The van der Waals surface area contributed by atoms with Gasteiger partial charge in [0.25, 0.3) is 0 Å². The summed E-state index contributed by atoms with van der Waals surface area (Å²) in [6, 6.07) is 6.85.